The van der Waals surface area contributed by atoms with Gasteiger partial charge in [0.15, 0.2) is 0 Å². The van der Waals surface area contributed by atoms with Gasteiger partial charge in [0.05, 0.1) is 11.1 Å². The van der Waals surface area contributed by atoms with Gasteiger partial charge in [-0.3, -0.25) is 24.3 Å². The number of benzene rings is 1. The van der Waals surface area contributed by atoms with Crippen molar-refractivity contribution in [1.29, 1.82) is 5.26 Å². The zero-order valence-corrected chi connectivity index (χ0v) is 14.4. The Morgan fingerprint density at radius 3 is 2.73 bits per heavy atom. The highest BCUT2D eigenvalue weighted by atomic mass is 16.6. The summed E-state index contributed by atoms with van der Waals surface area (Å²) in [5.74, 6) is -0.274. The maximum absolute atomic E-state index is 12.4. The smallest absolute Gasteiger partial charge is 0.287 e. The molecule has 1 atom stereocenters. The number of nitriles is 1. The first-order valence-electron chi connectivity index (χ1n) is 8.05. The van der Waals surface area contributed by atoms with Crippen LogP contribution in [0.15, 0.2) is 41.3 Å². The van der Waals surface area contributed by atoms with Gasteiger partial charge in [0.1, 0.15) is 18.2 Å². The van der Waals surface area contributed by atoms with Crippen molar-refractivity contribution in [3.63, 3.8) is 0 Å². The van der Waals surface area contributed by atoms with Gasteiger partial charge < -0.3 is 5.32 Å². The number of aromatic nitrogens is 1. The maximum Gasteiger partial charge on any atom is 0.287 e. The van der Waals surface area contributed by atoms with E-state index in [9.17, 15) is 19.7 Å². The minimum absolute atomic E-state index is 0.234. The second kappa shape index (κ2) is 8.07. The quantitative estimate of drug-likeness (QED) is 0.632. The highest BCUT2D eigenvalue weighted by Gasteiger charge is 2.16. The van der Waals surface area contributed by atoms with Gasteiger partial charge in [0, 0.05) is 11.8 Å². The summed E-state index contributed by atoms with van der Waals surface area (Å²) in [6.07, 6.45) is 1.85. The Kier molecular flexibility index (Phi) is 5.86. The SMILES string of the molecule is CC[C@@H](C)c1ccccc1NC(=O)Cn1cc([N+](=O)[O-])cc(C#N)c1=O. The van der Waals surface area contributed by atoms with Crippen LogP contribution in [-0.2, 0) is 11.3 Å². The normalized spacial score (nSPS) is 11.4. The summed E-state index contributed by atoms with van der Waals surface area (Å²) in [4.78, 5) is 34.7. The molecule has 0 unspecified atom stereocenters. The highest BCUT2D eigenvalue weighted by molar-refractivity contribution is 5.91. The molecule has 1 amide bonds. The fourth-order valence-corrected chi connectivity index (χ4v) is 2.52. The Labute approximate surface area is 149 Å². The minimum Gasteiger partial charge on any atom is -0.324 e. The molecule has 0 saturated carbocycles. The molecule has 2 aromatic rings. The molecular formula is C18H18N4O4. The van der Waals surface area contributed by atoms with E-state index in [1.54, 1.807) is 18.2 Å². The molecule has 1 aromatic heterocycles. The Balaban J connectivity index is 2.30. The molecule has 0 aliphatic carbocycles. The lowest BCUT2D eigenvalue weighted by Crippen LogP contribution is -2.29. The Bertz CT molecular complexity index is 943. The fraction of sp³-hybridized carbons (Fsp3) is 0.278. The summed E-state index contributed by atoms with van der Waals surface area (Å²) in [5, 5.41) is 22.6. The molecule has 0 spiro atoms. The predicted octanol–water partition coefficient (Wildman–Crippen LogP) is 2.78. The number of carbonyl (C=O) groups excluding carboxylic acids is 1. The number of pyridine rings is 1. The van der Waals surface area contributed by atoms with E-state index >= 15 is 0 Å². The summed E-state index contributed by atoms with van der Waals surface area (Å²) in [6.45, 7) is 3.65. The first-order chi connectivity index (χ1) is 12.4. The number of hydrogen-bond donors (Lipinski definition) is 1. The molecule has 1 N–H and O–H groups in total. The number of carbonyl (C=O) groups is 1. The standard InChI is InChI=1S/C18H18N4O4/c1-3-12(2)15-6-4-5-7-16(15)20-17(23)11-21-10-14(22(25)26)8-13(9-19)18(21)24/h4-8,10,12H,3,11H2,1-2H3,(H,20,23)/t12-/m1/s1. The van der Waals surface area contributed by atoms with Crippen LogP contribution >= 0.6 is 0 Å². The number of amides is 1. The monoisotopic (exact) mass is 354 g/mol. The van der Waals surface area contributed by atoms with E-state index in [0.717, 1.165) is 28.8 Å². The molecule has 0 radical (unpaired) electrons. The van der Waals surface area contributed by atoms with Crippen LogP contribution in [0, 0.1) is 21.4 Å². The second-order valence-corrected chi connectivity index (χ2v) is 5.86. The number of para-hydroxylation sites is 1. The summed E-state index contributed by atoms with van der Waals surface area (Å²) >= 11 is 0. The first-order valence-corrected chi connectivity index (χ1v) is 8.05. The number of hydrogen-bond acceptors (Lipinski definition) is 5. The number of nitrogens with zero attached hydrogens (tertiary/aromatic N) is 3. The summed E-state index contributed by atoms with van der Waals surface area (Å²) in [7, 11) is 0. The molecule has 1 aromatic carbocycles. The van der Waals surface area contributed by atoms with E-state index < -0.39 is 28.6 Å². The van der Waals surface area contributed by atoms with Gasteiger partial charge in [-0.15, -0.1) is 0 Å². The predicted molar refractivity (Wildman–Crippen MR) is 95.8 cm³/mol. The first kappa shape index (κ1) is 18.9. The Hall–Kier alpha value is -3.47. The van der Waals surface area contributed by atoms with Crippen LogP contribution in [0.4, 0.5) is 11.4 Å². The van der Waals surface area contributed by atoms with Crippen LogP contribution in [0.5, 0.6) is 0 Å². The molecule has 0 bridgehead atoms. The van der Waals surface area contributed by atoms with Crippen molar-refractivity contribution in [3.8, 4) is 6.07 Å². The number of nitro groups is 1. The van der Waals surface area contributed by atoms with E-state index in [1.165, 1.54) is 0 Å². The lowest BCUT2D eigenvalue weighted by molar-refractivity contribution is -0.385. The van der Waals surface area contributed by atoms with Gasteiger partial charge in [0.2, 0.25) is 5.91 Å². The molecule has 0 saturated heterocycles. The molecule has 0 aliphatic rings. The van der Waals surface area contributed by atoms with Crippen molar-refractivity contribution >= 4 is 17.3 Å². The molecular weight excluding hydrogens is 336 g/mol. The molecule has 1 heterocycles. The van der Waals surface area contributed by atoms with Gasteiger partial charge in [-0.05, 0) is 24.0 Å². The van der Waals surface area contributed by atoms with Gasteiger partial charge in [-0.1, -0.05) is 32.0 Å². The third-order valence-corrected chi connectivity index (χ3v) is 4.09. The van der Waals surface area contributed by atoms with Crippen LogP contribution in [0.2, 0.25) is 0 Å². The highest BCUT2D eigenvalue weighted by Crippen LogP contribution is 2.26. The van der Waals surface area contributed by atoms with Crippen LogP contribution < -0.4 is 10.9 Å². The van der Waals surface area contributed by atoms with Crippen molar-refractivity contribution in [3.05, 3.63) is 68.1 Å². The molecule has 0 fully saturated rings. The van der Waals surface area contributed by atoms with Crippen molar-refractivity contribution in [2.75, 3.05) is 5.32 Å². The molecule has 26 heavy (non-hydrogen) atoms. The third-order valence-electron chi connectivity index (χ3n) is 4.09. The van der Waals surface area contributed by atoms with E-state index in [1.807, 2.05) is 26.0 Å². The van der Waals surface area contributed by atoms with Crippen molar-refractivity contribution in [2.45, 2.75) is 32.7 Å². The number of rotatable bonds is 6. The summed E-state index contributed by atoms with van der Waals surface area (Å²) < 4.78 is 0.873. The molecule has 8 nitrogen and oxygen atoms in total. The van der Waals surface area contributed by atoms with Crippen molar-refractivity contribution in [2.24, 2.45) is 0 Å². The molecule has 134 valence electrons. The molecule has 8 heteroatoms. The van der Waals surface area contributed by atoms with Gasteiger partial charge >= 0.3 is 0 Å². The van der Waals surface area contributed by atoms with Gasteiger partial charge in [0.25, 0.3) is 11.2 Å². The van der Waals surface area contributed by atoms with E-state index in [0.29, 0.717) is 5.69 Å². The average molecular weight is 354 g/mol. The lowest BCUT2D eigenvalue weighted by Gasteiger charge is -2.16. The second-order valence-electron chi connectivity index (χ2n) is 5.86. The number of nitrogens with one attached hydrogen (secondary N) is 1. The molecule has 2 rings (SSSR count). The zero-order chi connectivity index (χ0) is 19.3. The lowest BCUT2D eigenvalue weighted by atomic mass is 9.97. The Morgan fingerprint density at radius 1 is 1.42 bits per heavy atom. The van der Waals surface area contributed by atoms with E-state index in [-0.39, 0.29) is 11.5 Å². The number of anilines is 1. The average Bonchev–Trinajstić information content (AvgIpc) is 2.62. The van der Waals surface area contributed by atoms with E-state index in [4.69, 9.17) is 5.26 Å². The van der Waals surface area contributed by atoms with Crippen molar-refractivity contribution in [1.82, 2.24) is 4.57 Å². The zero-order valence-electron chi connectivity index (χ0n) is 14.4. The maximum atomic E-state index is 12.4. The van der Waals surface area contributed by atoms with Crippen LogP contribution in [-0.4, -0.2) is 15.4 Å². The summed E-state index contributed by atoms with van der Waals surface area (Å²) in [6, 6.07) is 9.85. The summed E-state index contributed by atoms with van der Waals surface area (Å²) in [5.41, 5.74) is 0.0442. The fourth-order valence-electron chi connectivity index (χ4n) is 2.52. The van der Waals surface area contributed by atoms with Crippen LogP contribution in [0.1, 0.15) is 37.3 Å². The van der Waals surface area contributed by atoms with Crippen LogP contribution in [0.3, 0.4) is 0 Å². The van der Waals surface area contributed by atoms with Crippen LogP contribution in [0.25, 0.3) is 0 Å². The minimum atomic E-state index is -0.747. The van der Waals surface area contributed by atoms with Gasteiger partial charge in [-0.2, -0.15) is 5.26 Å². The Morgan fingerprint density at radius 2 is 2.12 bits per heavy atom. The largest absolute Gasteiger partial charge is 0.324 e. The third kappa shape index (κ3) is 4.13. The topological polar surface area (TPSA) is 118 Å². The van der Waals surface area contributed by atoms with Gasteiger partial charge in [-0.25, -0.2) is 0 Å². The molecule has 0 aliphatic heterocycles. The van der Waals surface area contributed by atoms with E-state index in [2.05, 4.69) is 5.32 Å². The van der Waals surface area contributed by atoms with Crippen molar-refractivity contribution < 1.29 is 9.72 Å².